The second-order valence-electron chi connectivity index (χ2n) is 4.02. The molecule has 0 aliphatic carbocycles. The van der Waals surface area contributed by atoms with Gasteiger partial charge in [0.05, 0.1) is 12.4 Å². The third-order valence-electron chi connectivity index (χ3n) is 2.46. The van der Waals surface area contributed by atoms with Gasteiger partial charge in [-0.15, -0.1) is 0 Å². The van der Waals surface area contributed by atoms with Crippen LogP contribution in [0.25, 0.3) is 0 Å². The quantitative estimate of drug-likeness (QED) is 0.715. The summed E-state index contributed by atoms with van der Waals surface area (Å²) in [6, 6.07) is 7.86. The van der Waals surface area contributed by atoms with Crippen LogP contribution in [0.15, 0.2) is 30.3 Å². The summed E-state index contributed by atoms with van der Waals surface area (Å²) < 4.78 is 30.3. The third kappa shape index (κ3) is 5.82. The van der Waals surface area contributed by atoms with Crippen LogP contribution in [-0.2, 0) is 26.0 Å². The molecule has 2 N–H and O–H groups in total. The van der Waals surface area contributed by atoms with E-state index in [0.29, 0.717) is 6.42 Å². The van der Waals surface area contributed by atoms with E-state index in [1.54, 1.807) is 0 Å². The fourth-order valence-electron chi connectivity index (χ4n) is 1.49. The first-order valence-corrected chi connectivity index (χ1v) is 7.35. The van der Waals surface area contributed by atoms with Crippen molar-refractivity contribution in [2.75, 3.05) is 19.5 Å². The number of sulfonamides is 1. The van der Waals surface area contributed by atoms with Gasteiger partial charge in [0, 0.05) is 7.11 Å². The molecule has 1 unspecified atom stereocenters. The minimum absolute atomic E-state index is 0.162. The summed E-state index contributed by atoms with van der Waals surface area (Å²) in [5, 5.41) is 8.85. The van der Waals surface area contributed by atoms with Crippen LogP contribution in [0, 0.1) is 0 Å². The number of aliphatic carboxylic acids is 1. The summed E-state index contributed by atoms with van der Waals surface area (Å²) in [5.74, 6) is -1.42. The van der Waals surface area contributed by atoms with Crippen molar-refractivity contribution in [2.45, 2.75) is 12.5 Å². The molecular formula is C12H17NO5S. The summed E-state index contributed by atoms with van der Waals surface area (Å²) in [4.78, 5) is 10.8. The minimum Gasteiger partial charge on any atom is -0.480 e. The van der Waals surface area contributed by atoms with Crippen molar-refractivity contribution in [3.05, 3.63) is 35.9 Å². The number of ether oxygens (including phenoxy) is 1. The zero-order chi connectivity index (χ0) is 14.3. The number of hydrogen-bond donors (Lipinski definition) is 2. The van der Waals surface area contributed by atoms with Crippen molar-refractivity contribution >= 4 is 16.0 Å². The average Bonchev–Trinajstić information content (AvgIpc) is 2.37. The molecule has 7 heteroatoms. The Labute approximate surface area is 112 Å². The highest BCUT2D eigenvalue weighted by Crippen LogP contribution is 2.02. The Morgan fingerprint density at radius 2 is 2.00 bits per heavy atom. The van der Waals surface area contributed by atoms with Crippen molar-refractivity contribution in [1.82, 2.24) is 4.72 Å². The van der Waals surface area contributed by atoms with Gasteiger partial charge in [-0.1, -0.05) is 30.3 Å². The van der Waals surface area contributed by atoms with Crippen LogP contribution >= 0.6 is 0 Å². The fraction of sp³-hybridized carbons (Fsp3) is 0.417. The van der Waals surface area contributed by atoms with Crippen LogP contribution in [-0.4, -0.2) is 45.0 Å². The van der Waals surface area contributed by atoms with Crippen LogP contribution in [0.3, 0.4) is 0 Å². The van der Waals surface area contributed by atoms with E-state index in [9.17, 15) is 13.2 Å². The van der Waals surface area contributed by atoms with E-state index in [1.807, 2.05) is 30.3 Å². The second kappa shape index (κ2) is 7.22. The van der Waals surface area contributed by atoms with E-state index in [1.165, 1.54) is 7.11 Å². The van der Waals surface area contributed by atoms with E-state index in [-0.39, 0.29) is 12.4 Å². The summed E-state index contributed by atoms with van der Waals surface area (Å²) in [7, 11) is -2.34. The Hall–Kier alpha value is -1.44. The van der Waals surface area contributed by atoms with Crippen molar-refractivity contribution < 1.29 is 23.1 Å². The molecule has 19 heavy (non-hydrogen) atoms. The van der Waals surface area contributed by atoms with Crippen molar-refractivity contribution in [1.29, 1.82) is 0 Å². The number of nitrogens with one attached hydrogen (secondary N) is 1. The topological polar surface area (TPSA) is 92.7 Å². The summed E-state index contributed by atoms with van der Waals surface area (Å²) in [6.07, 6.45) is 0.329. The third-order valence-corrected chi connectivity index (χ3v) is 3.84. The largest absolute Gasteiger partial charge is 0.480 e. The molecule has 0 spiro atoms. The highest BCUT2D eigenvalue weighted by molar-refractivity contribution is 7.89. The van der Waals surface area contributed by atoms with Crippen LogP contribution < -0.4 is 4.72 Å². The number of rotatable bonds is 8. The monoisotopic (exact) mass is 287 g/mol. The van der Waals surface area contributed by atoms with E-state index < -0.39 is 22.0 Å². The van der Waals surface area contributed by atoms with Crippen LogP contribution in [0.2, 0.25) is 0 Å². The lowest BCUT2D eigenvalue weighted by atomic mass is 10.2. The summed E-state index contributed by atoms with van der Waals surface area (Å²) in [6.45, 7) is -0.208. The van der Waals surface area contributed by atoms with Gasteiger partial charge in [-0.2, -0.15) is 4.72 Å². The molecule has 0 aromatic heterocycles. The predicted octanol–water partition coefficient (Wildman–Crippen LogP) is 0.248. The number of carboxylic acid groups (broad SMARTS) is 1. The van der Waals surface area contributed by atoms with Gasteiger partial charge in [0.1, 0.15) is 6.04 Å². The second-order valence-corrected chi connectivity index (χ2v) is 5.89. The van der Waals surface area contributed by atoms with E-state index in [0.717, 1.165) is 5.56 Å². The fourth-order valence-corrected chi connectivity index (χ4v) is 2.72. The van der Waals surface area contributed by atoms with Gasteiger partial charge in [-0.25, -0.2) is 8.42 Å². The molecule has 0 radical (unpaired) electrons. The van der Waals surface area contributed by atoms with Gasteiger partial charge in [-0.05, 0) is 12.0 Å². The molecule has 6 nitrogen and oxygen atoms in total. The first kappa shape index (κ1) is 15.6. The van der Waals surface area contributed by atoms with Gasteiger partial charge >= 0.3 is 5.97 Å². The molecule has 0 saturated heterocycles. The number of methoxy groups -OCH3 is 1. The molecule has 0 aliphatic rings. The van der Waals surface area contributed by atoms with E-state index in [4.69, 9.17) is 5.11 Å². The minimum atomic E-state index is -3.66. The standard InChI is InChI=1S/C12H17NO5S/c1-18-9-11(12(14)15)13-19(16,17)8-7-10-5-3-2-4-6-10/h2-6,11,13H,7-9H2,1H3,(H,14,15). The Bertz CT molecular complexity index is 500. The Morgan fingerprint density at radius 1 is 1.37 bits per heavy atom. The molecule has 1 atom stereocenters. The number of hydrogen-bond acceptors (Lipinski definition) is 4. The summed E-state index contributed by atoms with van der Waals surface area (Å²) >= 11 is 0. The molecule has 0 heterocycles. The molecule has 0 fully saturated rings. The molecule has 1 aromatic carbocycles. The number of aryl methyl sites for hydroxylation is 1. The van der Waals surface area contributed by atoms with Gasteiger partial charge in [-0.3, -0.25) is 4.79 Å². The number of carbonyl (C=O) groups is 1. The van der Waals surface area contributed by atoms with Gasteiger partial charge < -0.3 is 9.84 Å². The van der Waals surface area contributed by atoms with Crippen molar-refractivity contribution in [3.8, 4) is 0 Å². The van der Waals surface area contributed by atoms with Crippen molar-refractivity contribution in [3.63, 3.8) is 0 Å². The molecule has 0 aliphatic heterocycles. The maximum atomic E-state index is 11.8. The Morgan fingerprint density at radius 3 is 2.53 bits per heavy atom. The molecular weight excluding hydrogens is 270 g/mol. The van der Waals surface area contributed by atoms with E-state index >= 15 is 0 Å². The maximum absolute atomic E-state index is 11.8. The average molecular weight is 287 g/mol. The van der Waals surface area contributed by atoms with Gasteiger partial charge in [0.15, 0.2) is 0 Å². The smallest absolute Gasteiger partial charge is 0.324 e. The highest BCUT2D eigenvalue weighted by Gasteiger charge is 2.23. The van der Waals surface area contributed by atoms with E-state index in [2.05, 4.69) is 9.46 Å². The SMILES string of the molecule is COCC(NS(=O)(=O)CCc1ccccc1)C(=O)O. The molecule has 0 amide bonds. The first-order chi connectivity index (χ1) is 8.94. The molecule has 0 saturated carbocycles. The van der Waals surface area contributed by atoms with Crippen LogP contribution in [0.4, 0.5) is 0 Å². The zero-order valence-corrected chi connectivity index (χ0v) is 11.4. The van der Waals surface area contributed by atoms with Crippen LogP contribution in [0.5, 0.6) is 0 Å². The Kier molecular flexibility index (Phi) is 5.94. The normalized spacial score (nSPS) is 13.1. The lowest BCUT2D eigenvalue weighted by Crippen LogP contribution is -2.44. The molecule has 0 bridgehead atoms. The van der Waals surface area contributed by atoms with Crippen molar-refractivity contribution in [2.24, 2.45) is 0 Å². The first-order valence-electron chi connectivity index (χ1n) is 5.70. The predicted molar refractivity (Wildman–Crippen MR) is 70.4 cm³/mol. The highest BCUT2D eigenvalue weighted by atomic mass is 32.2. The molecule has 1 rings (SSSR count). The zero-order valence-electron chi connectivity index (χ0n) is 10.6. The molecule has 106 valence electrons. The lowest BCUT2D eigenvalue weighted by molar-refractivity contribution is -0.140. The number of carboxylic acids is 1. The van der Waals surface area contributed by atoms with Gasteiger partial charge in [0.2, 0.25) is 10.0 Å². The Balaban J connectivity index is 2.58. The number of benzene rings is 1. The lowest BCUT2D eigenvalue weighted by Gasteiger charge is -2.13. The van der Waals surface area contributed by atoms with Gasteiger partial charge in [0.25, 0.3) is 0 Å². The maximum Gasteiger partial charge on any atom is 0.324 e. The summed E-state index contributed by atoms with van der Waals surface area (Å²) in [5.41, 5.74) is 0.881. The van der Waals surface area contributed by atoms with Crippen LogP contribution in [0.1, 0.15) is 5.56 Å². The molecule has 1 aromatic rings.